The van der Waals surface area contributed by atoms with Crippen LogP contribution in [-0.2, 0) is 9.59 Å². The van der Waals surface area contributed by atoms with E-state index < -0.39 is 11.8 Å². The van der Waals surface area contributed by atoms with E-state index in [4.69, 9.17) is 33.3 Å². The van der Waals surface area contributed by atoms with E-state index in [0.29, 0.717) is 34.4 Å². The van der Waals surface area contributed by atoms with Gasteiger partial charge in [-0.3, -0.25) is 19.8 Å². The van der Waals surface area contributed by atoms with Crippen LogP contribution in [0.3, 0.4) is 0 Å². The number of benzene rings is 2. The molecule has 0 saturated carbocycles. The molecule has 0 aliphatic carbocycles. The molecule has 0 atom stereocenters. The summed E-state index contributed by atoms with van der Waals surface area (Å²) >= 11 is 11.7. The van der Waals surface area contributed by atoms with Gasteiger partial charge in [-0.15, -0.1) is 0 Å². The van der Waals surface area contributed by atoms with Crippen LogP contribution in [-0.4, -0.2) is 30.6 Å². The van der Waals surface area contributed by atoms with E-state index in [0.717, 1.165) is 11.1 Å². The molecule has 1 aliphatic rings. The smallest absolute Gasteiger partial charge is 0.270 e. The average Bonchev–Trinajstić information content (AvgIpc) is 2.69. The zero-order valence-electron chi connectivity index (χ0n) is 17.0. The Kier molecular flexibility index (Phi) is 6.43. The molecule has 30 heavy (non-hydrogen) atoms. The van der Waals surface area contributed by atoms with Gasteiger partial charge in [0.2, 0.25) is 0 Å². The number of amides is 2. The lowest BCUT2D eigenvalue weighted by atomic mass is 10.0. The Hall–Kier alpha value is -2.90. The number of rotatable bonds is 5. The predicted octanol–water partition coefficient (Wildman–Crippen LogP) is 4.20. The zero-order chi connectivity index (χ0) is 22.0. The standard InChI is InChI=1S/C22H21ClN2O4S/c1-5-29-19-11-16(23)14(10-18(19)28-4)9-15-20(26)24-22(30)25(21(15)27)17-8-6-7-12(2)13(17)3/h6-11H,5H2,1-4H3,(H,24,26,30)/b15-9+. The molecule has 0 spiro atoms. The molecule has 2 amide bonds. The van der Waals surface area contributed by atoms with Crippen LogP contribution in [0.1, 0.15) is 23.6 Å². The molecule has 0 radical (unpaired) electrons. The van der Waals surface area contributed by atoms with Crippen molar-refractivity contribution in [2.75, 3.05) is 18.6 Å². The van der Waals surface area contributed by atoms with Crippen LogP contribution in [0, 0.1) is 13.8 Å². The van der Waals surface area contributed by atoms with E-state index in [9.17, 15) is 9.59 Å². The molecule has 1 saturated heterocycles. The second kappa shape index (κ2) is 8.85. The summed E-state index contributed by atoms with van der Waals surface area (Å²) in [4.78, 5) is 27.2. The quantitative estimate of drug-likeness (QED) is 0.425. The van der Waals surface area contributed by atoms with Crippen LogP contribution in [0.2, 0.25) is 5.02 Å². The molecular weight excluding hydrogens is 424 g/mol. The monoisotopic (exact) mass is 444 g/mol. The lowest BCUT2D eigenvalue weighted by Gasteiger charge is -2.30. The Morgan fingerprint density at radius 1 is 1.20 bits per heavy atom. The van der Waals surface area contributed by atoms with Crippen molar-refractivity contribution in [3.63, 3.8) is 0 Å². The van der Waals surface area contributed by atoms with E-state index in [1.54, 1.807) is 18.2 Å². The molecule has 2 aromatic carbocycles. The number of anilines is 1. The highest BCUT2D eigenvalue weighted by atomic mass is 35.5. The average molecular weight is 445 g/mol. The molecular formula is C22H21ClN2O4S. The summed E-state index contributed by atoms with van der Waals surface area (Å²) in [7, 11) is 1.50. The van der Waals surface area contributed by atoms with Crippen LogP contribution in [0.25, 0.3) is 6.08 Å². The fourth-order valence-electron chi connectivity index (χ4n) is 3.10. The third-order valence-corrected chi connectivity index (χ3v) is 5.41. The lowest BCUT2D eigenvalue weighted by Crippen LogP contribution is -2.54. The Morgan fingerprint density at radius 2 is 1.93 bits per heavy atom. The second-order valence-electron chi connectivity index (χ2n) is 6.63. The first-order valence-corrected chi connectivity index (χ1v) is 10.0. The molecule has 1 N–H and O–H groups in total. The van der Waals surface area contributed by atoms with Crippen LogP contribution in [0.15, 0.2) is 35.9 Å². The molecule has 0 aromatic heterocycles. The van der Waals surface area contributed by atoms with E-state index in [2.05, 4.69) is 5.32 Å². The summed E-state index contributed by atoms with van der Waals surface area (Å²) in [5, 5.41) is 2.94. The minimum absolute atomic E-state index is 0.0335. The van der Waals surface area contributed by atoms with Gasteiger partial charge < -0.3 is 9.47 Å². The zero-order valence-corrected chi connectivity index (χ0v) is 18.6. The predicted molar refractivity (Wildman–Crippen MR) is 121 cm³/mol. The van der Waals surface area contributed by atoms with Crippen molar-refractivity contribution < 1.29 is 19.1 Å². The van der Waals surface area contributed by atoms with Crippen LogP contribution >= 0.6 is 23.8 Å². The Morgan fingerprint density at radius 3 is 2.60 bits per heavy atom. The minimum atomic E-state index is -0.588. The number of methoxy groups -OCH3 is 1. The van der Waals surface area contributed by atoms with Crippen molar-refractivity contribution in [1.82, 2.24) is 5.32 Å². The summed E-state index contributed by atoms with van der Waals surface area (Å²) < 4.78 is 10.9. The fourth-order valence-corrected chi connectivity index (χ4v) is 3.58. The lowest BCUT2D eigenvalue weighted by molar-refractivity contribution is -0.122. The van der Waals surface area contributed by atoms with Gasteiger partial charge in [-0.25, -0.2) is 0 Å². The highest BCUT2D eigenvalue weighted by Gasteiger charge is 2.35. The first-order chi connectivity index (χ1) is 14.3. The van der Waals surface area contributed by atoms with Crippen molar-refractivity contribution >= 4 is 52.5 Å². The van der Waals surface area contributed by atoms with Gasteiger partial charge in [0.15, 0.2) is 16.6 Å². The van der Waals surface area contributed by atoms with E-state index in [1.807, 2.05) is 32.9 Å². The molecule has 0 unspecified atom stereocenters. The number of thiocarbonyl (C=S) groups is 1. The summed E-state index contributed by atoms with van der Waals surface area (Å²) in [6, 6.07) is 8.78. The van der Waals surface area contributed by atoms with Crippen molar-refractivity contribution in [3.05, 3.63) is 57.6 Å². The van der Waals surface area contributed by atoms with Crippen molar-refractivity contribution in [3.8, 4) is 11.5 Å². The van der Waals surface area contributed by atoms with Gasteiger partial charge in [-0.2, -0.15) is 0 Å². The second-order valence-corrected chi connectivity index (χ2v) is 7.43. The molecule has 6 nitrogen and oxygen atoms in total. The molecule has 8 heteroatoms. The SMILES string of the molecule is CCOc1cc(Cl)c(/C=C2\C(=O)NC(=S)N(c3cccc(C)c3C)C2=O)cc1OC. The number of aryl methyl sites for hydroxylation is 1. The topological polar surface area (TPSA) is 67.9 Å². The first-order valence-electron chi connectivity index (χ1n) is 9.26. The normalized spacial score (nSPS) is 15.4. The molecule has 1 aliphatic heterocycles. The van der Waals surface area contributed by atoms with Gasteiger partial charge in [-0.05, 0) is 67.9 Å². The van der Waals surface area contributed by atoms with E-state index >= 15 is 0 Å². The summed E-state index contributed by atoms with van der Waals surface area (Å²) in [6.45, 7) is 6.13. The molecule has 1 fully saturated rings. The van der Waals surface area contributed by atoms with Crippen molar-refractivity contribution in [1.29, 1.82) is 0 Å². The summed E-state index contributed by atoms with van der Waals surface area (Å²) in [6.07, 6.45) is 1.43. The maximum atomic E-state index is 13.3. The number of hydrogen-bond donors (Lipinski definition) is 1. The van der Waals surface area contributed by atoms with Gasteiger partial charge in [-0.1, -0.05) is 23.7 Å². The maximum Gasteiger partial charge on any atom is 0.270 e. The number of nitrogens with zero attached hydrogens (tertiary/aromatic N) is 1. The Bertz CT molecular complexity index is 1080. The summed E-state index contributed by atoms with van der Waals surface area (Å²) in [5.41, 5.74) is 2.88. The highest BCUT2D eigenvalue weighted by Crippen LogP contribution is 2.35. The maximum absolute atomic E-state index is 13.3. The number of ether oxygens (including phenoxy) is 2. The molecule has 0 bridgehead atoms. The molecule has 156 valence electrons. The van der Waals surface area contributed by atoms with E-state index in [-0.39, 0.29) is 10.7 Å². The van der Waals surface area contributed by atoms with Crippen LogP contribution in [0.4, 0.5) is 5.69 Å². The first kappa shape index (κ1) is 21.8. The third kappa shape index (κ3) is 4.04. The van der Waals surface area contributed by atoms with Gasteiger partial charge in [0.05, 0.1) is 24.4 Å². The van der Waals surface area contributed by atoms with Crippen LogP contribution < -0.4 is 19.7 Å². The van der Waals surface area contributed by atoms with Crippen molar-refractivity contribution in [2.24, 2.45) is 0 Å². The molecule has 2 aromatic rings. The van der Waals surface area contributed by atoms with Crippen LogP contribution in [0.5, 0.6) is 11.5 Å². The minimum Gasteiger partial charge on any atom is -0.493 e. The Labute approximate surface area is 185 Å². The number of halogens is 1. The number of carbonyl (C=O) groups excluding carboxylic acids is 2. The number of carbonyl (C=O) groups is 2. The van der Waals surface area contributed by atoms with Crippen molar-refractivity contribution in [2.45, 2.75) is 20.8 Å². The van der Waals surface area contributed by atoms with E-state index in [1.165, 1.54) is 18.1 Å². The number of hydrogen-bond acceptors (Lipinski definition) is 5. The van der Waals surface area contributed by atoms with Gasteiger partial charge in [0.25, 0.3) is 11.8 Å². The largest absolute Gasteiger partial charge is 0.493 e. The van der Waals surface area contributed by atoms with Gasteiger partial charge >= 0.3 is 0 Å². The van der Waals surface area contributed by atoms with Gasteiger partial charge in [0.1, 0.15) is 5.57 Å². The molecule has 1 heterocycles. The molecule has 3 rings (SSSR count). The fraction of sp³-hybridized carbons (Fsp3) is 0.227. The highest BCUT2D eigenvalue weighted by molar-refractivity contribution is 7.80. The third-order valence-electron chi connectivity index (χ3n) is 4.80. The Balaban J connectivity index is 2.08. The summed E-state index contributed by atoms with van der Waals surface area (Å²) in [5.74, 6) is -0.194. The van der Waals surface area contributed by atoms with Gasteiger partial charge in [0, 0.05) is 6.07 Å². The number of nitrogens with one attached hydrogen (secondary N) is 1.